The van der Waals surface area contributed by atoms with Crippen LogP contribution in [0.2, 0.25) is 0 Å². The van der Waals surface area contributed by atoms with Crippen molar-refractivity contribution in [3.63, 3.8) is 0 Å². The number of carbonyl (C=O) groups is 1. The number of hydrogen-bond acceptors (Lipinski definition) is 2. The summed E-state index contributed by atoms with van der Waals surface area (Å²) < 4.78 is 1.69. The summed E-state index contributed by atoms with van der Waals surface area (Å²) >= 11 is 0. The molecule has 0 atom stereocenters. The summed E-state index contributed by atoms with van der Waals surface area (Å²) in [5.74, 6) is -0.192. The number of H-pyrrole nitrogens is 1. The molecule has 0 radical (unpaired) electrons. The zero-order valence-corrected chi connectivity index (χ0v) is 16.4. The lowest BCUT2D eigenvalue weighted by atomic mass is 9.98. The molecule has 0 saturated carbocycles. The maximum absolute atomic E-state index is 13.1. The highest BCUT2D eigenvalue weighted by Crippen LogP contribution is 2.23. The van der Waals surface area contributed by atoms with Gasteiger partial charge in [0.1, 0.15) is 0 Å². The van der Waals surface area contributed by atoms with Crippen molar-refractivity contribution >= 4 is 16.9 Å². The minimum atomic E-state index is -0.264. The van der Waals surface area contributed by atoms with Crippen molar-refractivity contribution in [2.24, 2.45) is 0 Å². The van der Waals surface area contributed by atoms with E-state index in [1.807, 2.05) is 80.6 Å². The van der Waals surface area contributed by atoms with Crippen LogP contribution < -0.4 is 11.0 Å². The van der Waals surface area contributed by atoms with Crippen molar-refractivity contribution in [1.82, 2.24) is 14.9 Å². The van der Waals surface area contributed by atoms with Crippen molar-refractivity contribution in [1.29, 1.82) is 0 Å². The highest BCUT2D eigenvalue weighted by Gasteiger charge is 2.19. The smallest absolute Gasteiger partial charge is 0.326 e. The quantitative estimate of drug-likeness (QED) is 0.534. The summed E-state index contributed by atoms with van der Waals surface area (Å²) in [5.41, 5.74) is 3.81. The highest BCUT2D eigenvalue weighted by atomic mass is 16.2. The molecule has 0 spiro atoms. The average molecular weight is 385 g/mol. The first-order chi connectivity index (χ1) is 14.0. The van der Waals surface area contributed by atoms with E-state index < -0.39 is 0 Å². The fraction of sp³-hybridized carbons (Fsp3) is 0.167. The average Bonchev–Trinajstić information content (AvgIpc) is 3.08. The molecule has 5 nitrogen and oxygen atoms in total. The van der Waals surface area contributed by atoms with Gasteiger partial charge in [-0.05, 0) is 43.2 Å². The molecule has 2 N–H and O–H groups in total. The van der Waals surface area contributed by atoms with E-state index in [4.69, 9.17) is 0 Å². The Hall–Kier alpha value is -3.60. The van der Waals surface area contributed by atoms with Crippen molar-refractivity contribution in [3.05, 3.63) is 106 Å². The second-order valence-corrected chi connectivity index (χ2v) is 7.35. The Morgan fingerprint density at radius 3 is 2.03 bits per heavy atom. The van der Waals surface area contributed by atoms with Gasteiger partial charge in [-0.1, -0.05) is 60.7 Å². The van der Waals surface area contributed by atoms with Crippen LogP contribution in [-0.2, 0) is 0 Å². The summed E-state index contributed by atoms with van der Waals surface area (Å²) in [5, 5.41) is 3.14. The zero-order valence-electron chi connectivity index (χ0n) is 16.4. The fourth-order valence-corrected chi connectivity index (χ4v) is 3.65. The fourth-order valence-electron chi connectivity index (χ4n) is 3.65. The van der Waals surface area contributed by atoms with Gasteiger partial charge in [0, 0.05) is 11.6 Å². The lowest BCUT2D eigenvalue weighted by Gasteiger charge is -2.20. The molecule has 1 heterocycles. The maximum Gasteiger partial charge on any atom is 0.326 e. The Balaban J connectivity index is 1.68. The van der Waals surface area contributed by atoms with Gasteiger partial charge in [0.25, 0.3) is 5.91 Å². The van der Waals surface area contributed by atoms with E-state index in [2.05, 4.69) is 10.3 Å². The number of amides is 1. The molecule has 3 aromatic carbocycles. The Morgan fingerprint density at radius 1 is 0.897 bits per heavy atom. The molecule has 0 saturated heterocycles. The van der Waals surface area contributed by atoms with Gasteiger partial charge in [-0.25, -0.2) is 4.79 Å². The molecule has 1 aromatic heterocycles. The number of nitrogens with zero attached hydrogens (tertiary/aromatic N) is 1. The highest BCUT2D eigenvalue weighted by molar-refractivity contribution is 5.97. The van der Waals surface area contributed by atoms with Crippen LogP contribution in [0.15, 0.2) is 83.7 Å². The molecule has 5 heteroatoms. The Morgan fingerprint density at radius 2 is 1.48 bits per heavy atom. The number of nitrogens with one attached hydrogen (secondary N) is 2. The van der Waals surface area contributed by atoms with Crippen LogP contribution in [0.5, 0.6) is 0 Å². The van der Waals surface area contributed by atoms with Gasteiger partial charge in [0.15, 0.2) is 0 Å². The summed E-state index contributed by atoms with van der Waals surface area (Å²) in [6, 6.07) is 24.9. The minimum Gasteiger partial charge on any atom is -0.341 e. The van der Waals surface area contributed by atoms with Crippen LogP contribution in [-0.4, -0.2) is 15.5 Å². The van der Waals surface area contributed by atoms with Crippen LogP contribution in [0.3, 0.4) is 0 Å². The third-order valence-electron chi connectivity index (χ3n) is 5.04. The van der Waals surface area contributed by atoms with Gasteiger partial charge in [0.2, 0.25) is 0 Å². The number of hydrogen-bond donors (Lipinski definition) is 2. The van der Waals surface area contributed by atoms with Crippen LogP contribution in [0.25, 0.3) is 11.0 Å². The molecule has 0 unspecified atom stereocenters. The van der Waals surface area contributed by atoms with E-state index in [0.29, 0.717) is 11.1 Å². The first-order valence-electron chi connectivity index (χ1n) is 9.69. The maximum atomic E-state index is 13.1. The number of rotatable bonds is 5. The number of carbonyl (C=O) groups excluding carboxylic acids is 1. The topological polar surface area (TPSA) is 66.9 Å². The van der Waals surface area contributed by atoms with Crippen LogP contribution in [0, 0.1) is 0 Å². The third kappa shape index (κ3) is 3.72. The molecular formula is C24H23N3O2. The van der Waals surface area contributed by atoms with E-state index in [1.54, 1.807) is 16.7 Å². The van der Waals surface area contributed by atoms with E-state index in [9.17, 15) is 9.59 Å². The molecule has 4 rings (SSSR count). The number of imidazole rings is 1. The first-order valence-corrected chi connectivity index (χ1v) is 9.69. The molecule has 146 valence electrons. The summed E-state index contributed by atoms with van der Waals surface area (Å²) in [6.45, 7) is 3.92. The molecule has 0 aliphatic rings. The number of benzene rings is 3. The third-order valence-corrected chi connectivity index (χ3v) is 5.04. The van der Waals surface area contributed by atoms with E-state index >= 15 is 0 Å². The van der Waals surface area contributed by atoms with Crippen molar-refractivity contribution < 1.29 is 4.79 Å². The first kappa shape index (κ1) is 18.7. The molecule has 29 heavy (non-hydrogen) atoms. The van der Waals surface area contributed by atoms with Gasteiger partial charge in [-0.2, -0.15) is 0 Å². The van der Waals surface area contributed by atoms with E-state index in [1.165, 1.54) is 0 Å². The van der Waals surface area contributed by atoms with Crippen molar-refractivity contribution in [3.8, 4) is 0 Å². The van der Waals surface area contributed by atoms with E-state index in [0.717, 1.165) is 16.6 Å². The predicted octanol–water partition coefficient (Wildman–Crippen LogP) is 4.43. The predicted molar refractivity (Wildman–Crippen MR) is 115 cm³/mol. The van der Waals surface area contributed by atoms with Gasteiger partial charge in [0.05, 0.1) is 17.1 Å². The number of aromatic nitrogens is 2. The monoisotopic (exact) mass is 385 g/mol. The van der Waals surface area contributed by atoms with Crippen LogP contribution in [0.4, 0.5) is 0 Å². The molecule has 4 aromatic rings. The summed E-state index contributed by atoms with van der Waals surface area (Å²) in [7, 11) is 0. The second kappa shape index (κ2) is 7.80. The normalized spacial score (nSPS) is 11.3. The van der Waals surface area contributed by atoms with Crippen LogP contribution in [0.1, 0.15) is 47.4 Å². The Bertz CT molecular complexity index is 1150. The SMILES string of the molecule is CC(C)n1c(=O)[nH]c2cc(C(=O)NC(c3ccccc3)c3ccccc3)ccc21. The van der Waals surface area contributed by atoms with Gasteiger partial charge in [-0.3, -0.25) is 9.36 Å². The van der Waals surface area contributed by atoms with Crippen molar-refractivity contribution in [2.45, 2.75) is 25.9 Å². The summed E-state index contributed by atoms with van der Waals surface area (Å²) in [6.07, 6.45) is 0. The van der Waals surface area contributed by atoms with Gasteiger partial charge >= 0.3 is 5.69 Å². The Labute approximate surface area is 169 Å². The van der Waals surface area contributed by atoms with Crippen LogP contribution >= 0.6 is 0 Å². The lowest BCUT2D eigenvalue weighted by Crippen LogP contribution is -2.29. The molecular weight excluding hydrogens is 362 g/mol. The van der Waals surface area contributed by atoms with Gasteiger partial charge in [-0.15, -0.1) is 0 Å². The molecule has 0 bridgehead atoms. The summed E-state index contributed by atoms with van der Waals surface area (Å²) in [4.78, 5) is 28.1. The zero-order chi connectivity index (χ0) is 20.4. The standard InChI is InChI=1S/C24H23N3O2/c1-16(2)27-21-14-13-19(15-20(21)25-24(27)29)23(28)26-22(17-9-5-3-6-10-17)18-11-7-4-8-12-18/h3-16,22H,1-2H3,(H,25,29)(H,26,28). The lowest BCUT2D eigenvalue weighted by molar-refractivity contribution is 0.0943. The van der Waals surface area contributed by atoms with E-state index in [-0.39, 0.29) is 23.7 Å². The Kier molecular flexibility index (Phi) is 5.04. The molecule has 0 fully saturated rings. The number of aromatic amines is 1. The molecule has 1 amide bonds. The second-order valence-electron chi connectivity index (χ2n) is 7.35. The molecule has 0 aliphatic carbocycles. The van der Waals surface area contributed by atoms with Gasteiger partial charge < -0.3 is 10.3 Å². The largest absolute Gasteiger partial charge is 0.341 e. The minimum absolute atomic E-state index is 0.0384. The van der Waals surface area contributed by atoms with Crippen molar-refractivity contribution in [2.75, 3.05) is 0 Å². The molecule has 0 aliphatic heterocycles. The number of fused-ring (bicyclic) bond motifs is 1.